The summed E-state index contributed by atoms with van der Waals surface area (Å²) in [4.78, 5) is 11.0. The Morgan fingerprint density at radius 1 is 1.38 bits per heavy atom. The Bertz CT molecular complexity index is 250. The molecule has 0 spiro atoms. The highest BCUT2D eigenvalue weighted by molar-refractivity contribution is 5.68. The summed E-state index contributed by atoms with van der Waals surface area (Å²) >= 11 is 0. The fraction of sp³-hybridized carbons (Fsp3) is 0.923. The van der Waals surface area contributed by atoms with Crippen LogP contribution in [0.5, 0.6) is 0 Å². The summed E-state index contributed by atoms with van der Waals surface area (Å²) in [7, 11) is 0. The number of carbonyl (C=O) groups is 1. The van der Waals surface area contributed by atoms with Gasteiger partial charge in [0.25, 0.3) is 0 Å². The Labute approximate surface area is 98.6 Å². The minimum Gasteiger partial charge on any atom is -0.481 e. The Morgan fingerprint density at radius 3 is 2.56 bits per heavy atom. The number of rotatable bonds is 5. The second-order valence-electron chi connectivity index (χ2n) is 5.97. The van der Waals surface area contributed by atoms with E-state index in [4.69, 9.17) is 5.11 Å². The van der Waals surface area contributed by atoms with E-state index in [1.54, 1.807) is 0 Å². The Hall–Kier alpha value is -0.570. The Kier molecular flexibility index (Phi) is 4.36. The molecule has 0 amide bonds. The van der Waals surface area contributed by atoms with E-state index in [0.717, 1.165) is 32.2 Å². The summed E-state index contributed by atoms with van der Waals surface area (Å²) in [6.45, 7) is 7.53. The highest BCUT2D eigenvalue weighted by Crippen LogP contribution is 2.42. The van der Waals surface area contributed by atoms with Gasteiger partial charge in [-0.3, -0.25) is 4.79 Å². The van der Waals surface area contributed by atoms with Crippen LogP contribution in [-0.2, 0) is 4.79 Å². The molecule has 1 aliphatic carbocycles. The first kappa shape index (κ1) is 13.5. The topological polar surface area (TPSA) is 49.3 Å². The molecule has 0 radical (unpaired) electrons. The number of carboxylic acids is 1. The predicted molar refractivity (Wildman–Crippen MR) is 65.5 cm³/mol. The average molecular weight is 227 g/mol. The van der Waals surface area contributed by atoms with Gasteiger partial charge in [0.1, 0.15) is 0 Å². The van der Waals surface area contributed by atoms with E-state index in [0.29, 0.717) is 0 Å². The van der Waals surface area contributed by atoms with Crippen molar-refractivity contribution in [2.75, 3.05) is 6.54 Å². The Balaban J connectivity index is 2.72. The molecule has 1 rings (SSSR count). The molecule has 0 aromatic heterocycles. The van der Waals surface area contributed by atoms with Gasteiger partial charge in [-0.25, -0.2) is 0 Å². The first-order chi connectivity index (χ1) is 7.39. The number of nitrogens with one attached hydrogen (secondary N) is 1. The van der Waals surface area contributed by atoms with Crippen molar-refractivity contribution in [2.45, 2.75) is 64.8 Å². The number of hydrogen-bond donors (Lipinski definition) is 2. The van der Waals surface area contributed by atoms with Gasteiger partial charge in [-0.1, -0.05) is 27.2 Å². The van der Waals surface area contributed by atoms with Crippen molar-refractivity contribution in [1.82, 2.24) is 5.32 Å². The lowest BCUT2D eigenvalue weighted by Crippen LogP contribution is -2.52. The van der Waals surface area contributed by atoms with Gasteiger partial charge in [0, 0.05) is 5.54 Å². The summed E-state index contributed by atoms with van der Waals surface area (Å²) in [5.41, 5.74) is 0.109. The molecule has 16 heavy (non-hydrogen) atoms. The zero-order valence-corrected chi connectivity index (χ0v) is 10.8. The zero-order valence-electron chi connectivity index (χ0n) is 10.8. The first-order valence-electron chi connectivity index (χ1n) is 6.36. The Morgan fingerprint density at radius 2 is 2.06 bits per heavy atom. The van der Waals surface area contributed by atoms with E-state index < -0.39 is 5.97 Å². The van der Waals surface area contributed by atoms with Crippen molar-refractivity contribution < 1.29 is 9.90 Å². The van der Waals surface area contributed by atoms with E-state index in [9.17, 15) is 4.79 Å². The summed E-state index contributed by atoms with van der Waals surface area (Å²) in [5.74, 6) is -0.679. The average Bonchev–Trinajstić information content (AvgIpc) is 2.12. The van der Waals surface area contributed by atoms with E-state index in [-0.39, 0.29) is 17.4 Å². The van der Waals surface area contributed by atoms with E-state index in [2.05, 4.69) is 26.1 Å². The molecule has 94 valence electrons. The van der Waals surface area contributed by atoms with Crippen LogP contribution < -0.4 is 5.32 Å². The largest absolute Gasteiger partial charge is 0.481 e. The quantitative estimate of drug-likeness (QED) is 0.759. The minimum absolute atomic E-state index is 0.163. The summed E-state index contributed by atoms with van der Waals surface area (Å²) < 4.78 is 0. The van der Waals surface area contributed by atoms with Gasteiger partial charge in [0.15, 0.2) is 0 Å². The summed E-state index contributed by atoms with van der Waals surface area (Å²) in [6, 6.07) is 0. The zero-order chi connectivity index (χ0) is 12.2. The number of hydrogen-bond acceptors (Lipinski definition) is 2. The van der Waals surface area contributed by atoms with Gasteiger partial charge in [0.05, 0.1) is 6.42 Å². The van der Waals surface area contributed by atoms with Crippen LogP contribution in [0, 0.1) is 5.41 Å². The number of carboxylic acid groups (broad SMARTS) is 1. The van der Waals surface area contributed by atoms with Crippen LogP contribution in [0.3, 0.4) is 0 Å². The van der Waals surface area contributed by atoms with Crippen LogP contribution >= 0.6 is 0 Å². The van der Waals surface area contributed by atoms with Crippen molar-refractivity contribution >= 4 is 5.97 Å². The van der Waals surface area contributed by atoms with E-state index in [1.807, 2.05) is 0 Å². The highest BCUT2D eigenvalue weighted by atomic mass is 16.4. The van der Waals surface area contributed by atoms with Gasteiger partial charge in [0.2, 0.25) is 0 Å². The van der Waals surface area contributed by atoms with Gasteiger partial charge in [-0.15, -0.1) is 0 Å². The van der Waals surface area contributed by atoms with Crippen LogP contribution in [0.25, 0.3) is 0 Å². The summed E-state index contributed by atoms with van der Waals surface area (Å²) in [6.07, 6.45) is 5.65. The second-order valence-corrected chi connectivity index (χ2v) is 5.97. The molecule has 2 N–H and O–H groups in total. The maximum Gasteiger partial charge on any atom is 0.305 e. The molecule has 0 aromatic carbocycles. The van der Waals surface area contributed by atoms with Crippen LogP contribution in [0.15, 0.2) is 0 Å². The molecule has 1 saturated carbocycles. The fourth-order valence-electron chi connectivity index (χ4n) is 3.04. The molecule has 3 nitrogen and oxygen atoms in total. The van der Waals surface area contributed by atoms with Crippen LogP contribution in [0.2, 0.25) is 0 Å². The molecular weight excluding hydrogens is 202 g/mol. The van der Waals surface area contributed by atoms with E-state index in [1.165, 1.54) is 6.42 Å². The molecule has 0 aliphatic heterocycles. The molecular formula is C13H25NO2. The van der Waals surface area contributed by atoms with Crippen molar-refractivity contribution in [3.05, 3.63) is 0 Å². The molecule has 1 fully saturated rings. The molecule has 0 aromatic rings. The van der Waals surface area contributed by atoms with Crippen LogP contribution in [0.4, 0.5) is 0 Å². The van der Waals surface area contributed by atoms with Crippen molar-refractivity contribution in [3.63, 3.8) is 0 Å². The standard InChI is InChI=1S/C13H25NO2/c1-4-8-14-13(9-11(15)16)7-5-6-12(2,3)10-13/h14H,4-10H2,1-3H3,(H,15,16). The van der Waals surface area contributed by atoms with Crippen molar-refractivity contribution in [3.8, 4) is 0 Å². The maximum atomic E-state index is 11.0. The second kappa shape index (κ2) is 5.17. The predicted octanol–water partition coefficient (Wildman–Crippen LogP) is 2.80. The van der Waals surface area contributed by atoms with Crippen LogP contribution in [-0.4, -0.2) is 23.2 Å². The van der Waals surface area contributed by atoms with E-state index >= 15 is 0 Å². The third-order valence-corrected chi connectivity index (χ3v) is 3.57. The molecule has 0 heterocycles. The lowest BCUT2D eigenvalue weighted by molar-refractivity contribution is -0.139. The lowest BCUT2D eigenvalue weighted by Gasteiger charge is -2.45. The lowest BCUT2D eigenvalue weighted by atomic mass is 9.67. The number of aliphatic carboxylic acids is 1. The summed E-state index contributed by atoms with van der Waals surface area (Å²) in [5, 5.41) is 12.6. The molecule has 1 unspecified atom stereocenters. The monoisotopic (exact) mass is 227 g/mol. The minimum atomic E-state index is -0.679. The van der Waals surface area contributed by atoms with Crippen molar-refractivity contribution in [2.24, 2.45) is 5.41 Å². The molecule has 0 bridgehead atoms. The normalized spacial score (nSPS) is 28.9. The van der Waals surface area contributed by atoms with Gasteiger partial charge in [-0.05, 0) is 37.6 Å². The third-order valence-electron chi connectivity index (χ3n) is 3.57. The molecule has 3 heteroatoms. The van der Waals surface area contributed by atoms with Crippen LogP contribution in [0.1, 0.15) is 59.3 Å². The fourth-order valence-corrected chi connectivity index (χ4v) is 3.04. The highest BCUT2D eigenvalue weighted by Gasteiger charge is 2.40. The van der Waals surface area contributed by atoms with Gasteiger partial charge in [-0.2, -0.15) is 0 Å². The first-order valence-corrected chi connectivity index (χ1v) is 6.36. The SMILES string of the molecule is CCCNC1(CC(=O)O)CCCC(C)(C)C1. The smallest absolute Gasteiger partial charge is 0.305 e. The van der Waals surface area contributed by atoms with Crippen molar-refractivity contribution in [1.29, 1.82) is 0 Å². The third kappa shape index (κ3) is 3.78. The molecule has 1 atom stereocenters. The van der Waals surface area contributed by atoms with Gasteiger partial charge < -0.3 is 10.4 Å². The van der Waals surface area contributed by atoms with Gasteiger partial charge >= 0.3 is 5.97 Å². The molecule has 1 aliphatic rings. The molecule has 0 saturated heterocycles. The maximum absolute atomic E-state index is 11.0.